The fourth-order valence-corrected chi connectivity index (χ4v) is 5.93. The van der Waals surface area contributed by atoms with Gasteiger partial charge in [-0.15, -0.1) is 11.8 Å². The van der Waals surface area contributed by atoms with Gasteiger partial charge < -0.3 is 30.7 Å². The Balaban J connectivity index is 1.56. The van der Waals surface area contributed by atoms with Crippen molar-refractivity contribution in [3.63, 3.8) is 0 Å². The van der Waals surface area contributed by atoms with Crippen LogP contribution in [0, 0.1) is 0 Å². The van der Waals surface area contributed by atoms with Crippen LogP contribution < -0.4 is 10.6 Å². The number of phenolic OH excluding ortho intramolecular Hbond substituents is 1. The molecule has 4 rings (SSSR count). The van der Waals surface area contributed by atoms with E-state index in [1.54, 1.807) is 26.1 Å². The van der Waals surface area contributed by atoms with Crippen molar-refractivity contribution in [3.8, 4) is 5.75 Å². The first-order valence-electron chi connectivity index (χ1n) is 10.5. The maximum absolute atomic E-state index is 13.3. The fourth-order valence-electron chi connectivity index (χ4n) is 4.30. The summed E-state index contributed by atoms with van der Waals surface area (Å²) in [6.45, 7) is 7.15. The average Bonchev–Trinajstić information content (AvgIpc) is 3.36. The standard InChI is InChI=1S/C23H24N4O6S/c1-4-11-9-10-24-14(11)18(29)25-15(12-5-7-13(28)8-6-12)19(30)26-16-20(31)27-17(22(32)33)23(2,3)34-21(16)27/h4-10,15-17,21,24,28H,1H2,2-3H3,(H,25,29)(H,26,30)(H,32,33)/t15-,16-,17+,21-/m1/s1. The smallest absolute Gasteiger partial charge is 0.327 e. The van der Waals surface area contributed by atoms with Crippen molar-refractivity contribution in [1.29, 1.82) is 0 Å². The second-order valence-electron chi connectivity index (χ2n) is 8.59. The van der Waals surface area contributed by atoms with Gasteiger partial charge in [0.1, 0.15) is 34.9 Å². The molecular weight excluding hydrogens is 460 g/mol. The van der Waals surface area contributed by atoms with Crippen molar-refractivity contribution in [1.82, 2.24) is 20.5 Å². The molecule has 2 saturated heterocycles. The predicted molar refractivity (Wildman–Crippen MR) is 125 cm³/mol. The number of carboxylic acids is 1. The summed E-state index contributed by atoms with van der Waals surface area (Å²) >= 11 is 1.31. The van der Waals surface area contributed by atoms with Crippen molar-refractivity contribution < 1.29 is 29.4 Å². The topological polar surface area (TPSA) is 152 Å². The van der Waals surface area contributed by atoms with Crippen LogP contribution in [0.2, 0.25) is 0 Å². The number of thioether (sulfide) groups is 1. The van der Waals surface area contributed by atoms with Gasteiger partial charge in [-0.3, -0.25) is 14.4 Å². The van der Waals surface area contributed by atoms with Crippen LogP contribution in [0.15, 0.2) is 43.1 Å². The van der Waals surface area contributed by atoms with Crippen molar-refractivity contribution >= 4 is 41.5 Å². The maximum atomic E-state index is 13.3. The SMILES string of the molecule is C=Cc1cc[nH]c1C(=O)N[C@@H](C(=O)N[C@@H]1C(=O)N2[C@@H]1SC(C)(C)[C@@H]2C(=O)O)c1ccc(O)cc1. The summed E-state index contributed by atoms with van der Waals surface area (Å²) in [6, 6.07) is 4.32. The lowest BCUT2D eigenvalue weighted by Crippen LogP contribution is -2.71. The number of H-pyrrole nitrogens is 1. The Morgan fingerprint density at radius 2 is 1.91 bits per heavy atom. The summed E-state index contributed by atoms with van der Waals surface area (Å²) in [6.07, 6.45) is 3.07. The molecule has 0 saturated carbocycles. The number of benzene rings is 1. The van der Waals surface area contributed by atoms with Crippen LogP contribution in [0.5, 0.6) is 5.75 Å². The molecule has 34 heavy (non-hydrogen) atoms. The Morgan fingerprint density at radius 3 is 2.53 bits per heavy atom. The number of hydrogen-bond donors (Lipinski definition) is 5. The largest absolute Gasteiger partial charge is 0.508 e. The van der Waals surface area contributed by atoms with Crippen LogP contribution in [0.3, 0.4) is 0 Å². The van der Waals surface area contributed by atoms with E-state index in [1.807, 2.05) is 0 Å². The number of β-lactam (4-membered cyclic amide) rings is 1. The number of nitrogens with zero attached hydrogens (tertiary/aromatic N) is 1. The van der Waals surface area contributed by atoms with Gasteiger partial charge in [0.15, 0.2) is 0 Å². The summed E-state index contributed by atoms with van der Waals surface area (Å²) in [5.41, 5.74) is 1.16. The van der Waals surface area contributed by atoms with Crippen molar-refractivity contribution in [2.45, 2.75) is 42.1 Å². The maximum Gasteiger partial charge on any atom is 0.327 e. The molecule has 2 fully saturated rings. The number of aromatic amines is 1. The molecule has 0 spiro atoms. The fraction of sp³-hybridized carbons (Fsp3) is 0.304. The number of carboxylic acid groups (broad SMARTS) is 1. The molecule has 3 amide bonds. The minimum Gasteiger partial charge on any atom is -0.508 e. The highest BCUT2D eigenvalue weighted by Gasteiger charge is 2.64. The molecule has 2 aromatic rings. The second kappa shape index (κ2) is 8.56. The molecule has 0 radical (unpaired) electrons. The third-order valence-corrected chi connectivity index (χ3v) is 7.53. The number of phenols is 1. The summed E-state index contributed by atoms with van der Waals surface area (Å²) in [7, 11) is 0. The highest BCUT2D eigenvalue weighted by Crippen LogP contribution is 2.50. The number of carbonyl (C=O) groups excluding carboxylic acids is 3. The number of fused-ring (bicyclic) bond motifs is 1. The first kappa shape index (κ1) is 23.4. The van der Waals surface area contributed by atoms with Gasteiger partial charge in [0, 0.05) is 16.5 Å². The van der Waals surface area contributed by atoms with E-state index in [9.17, 15) is 29.4 Å². The van der Waals surface area contributed by atoms with E-state index in [1.165, 1.54) is 47.0 Å². The summed E-state index contributed by atoms with van der Waals surface area (Å²) < 4.78 is -0.731. The number of amides is 3. The van der Waals surface area contributed by atoms with E-state index in [0.29, 0.717) is 11.1 Å². The molecule has 4 atom stereocenters. The molecule has 3 heterocycles. The Kier molecular flexibility index (Phi) is 5.90. The van der Waals surface area contributed by atoms with Gasteiger partial charge in [-0.1, -0.05) is 24.8 Å². The molecule has 0 aliphatic carbocycles. The molecule has 0 bridgehead atoms. The zero-order valence-electron chi connectivity index (χ0n) is 18.4. The van der Waals surface area contributed by atoms with Gasteiger partial charge in [0.25, 0.3) is 5.91 Å². The van der Waals surface area contributed by atoms with Crippen LogP contribution in [0.1, 0.15) is 41.5 Å². The van der Waals surface area contributed by atoms with Gasteiger partial charge >= 0.3 is 5.97 Å². The Bertz CT molecular complexity index is 1170. The zero-order valence-corrected chi connectivity index (χ0v) is 19.3. The van der Waals surface area contributed by atoms with Gasteiger partial charge in [0.05, 0.1) is 0 Å². The molecule has 5 N–H and O–H groups in total. The van der Waals surface area contributed by atoms with Crippen molar-refractivity contribution in [2.24, 2.45) is 0 Å². The monoisotopic (exact) mass is 484 g/mol. The number of rotatable bonds is 7. The summed E-state index contributed by atoms with van der Waals surface area (Å²) in [5.74, 6) is -2.80. The highest BCUT2D eigenvalue weighted by atomic mass is 32.2. The first-order chi connectivity index (χ1) is 16.0. The van der Waals surface area contributed by atoms with E-state index in [0.717, 1.165) is 0 Å². The Morgan fingerprint density at radius 1 is 1.24 bits per heavy atom. The van der Waals surface area contributed by atoms with Crippen LogP contribution in [-0.4, -0.2) is 66.0 Å². The molecular formula is C23H24N4O6S. The number of aliphatic carboxylic acids is 1. The second-order valence-corrected chi connectivity index (χ2v) is 10.4. The Hall–Kier alpha value is -3.73. The number of hydrogen-bond acceptors (Lipinski definition) is 6. The van der Waals surface area contributed by atoms with Gasteiger partial charge in [0.2, 0.25) is 11.8 Å². The molecule has 1 aromatic carbocycles. The zero-order chi connectivity index (χ0) is 24.8. The lowest BCUT2D eigenvalue weighted by molar-refractivity contribution is -0.161. The molecule has 178 valence electrons. The molecule has 2 aliphatic heterocycles. The molecule has 1 aromatic heterocycles. The van der Waals surface area contributed by atoms with Crippen molar-refractivity contribution in [2.75, 3.05) is 0 Å². The minimum absolute atomic E-state index is 0.0124. The third-order valence-electron chi connectivity index (χ3n) is 5.96. The third kappa shape index (κ3) is 3.92. The van der Waals surface area contributed by atoms with Gasteiger partial charge in [-0.2, -0.15) is 0 Å². The van der Waals surface area contributed by atoms with Crippen molar-refractivity contribution in [3.05, 3.63) is 59.9 Å². The number of nitrogens with one attached hydrogen (secondary N) is 3. The summed E-state index contributed by atoms with van der Waals surface area (Å²) in [5, 5.41) is 24.0. The summed E-state index contributed by atoms with van der Waals surface area (Å²) in [4.78, 5) is 54.8. The van der Waals surface area contributed by atoms with Crippen LogP contribution >= 0.6 is 11.8 Å². The number of carbonyl (C=O) groups is 4. The minimum atomic E-state index is -1.18. The normalized spacial score (nSPS) is 23.4. The number of aromatic hydroxyl groups is 1. The molecule has 0 unspecified atom stereocenters. The van der Waals surface area contributed by atoms with Gasteiger partial charge in [-0.25, -0.2) is 4.79 Å². The molecule has 11 heteroatoms. The van der Waals surface area contributed by atoms with Crippen LogP contribution in [-0.2, 0) is 14.4 Å². The lowest BCUT2D eigenvalue weighted by Gasteiger charge is -2.44. The van der Waals surface area contributed by atoms with Gasteiger partial charge in [-0.05, 0) is 37.6 Å². The Labute approximate surface area is 199 Å². The van der Waals surface area contributed by atoms with E-state index in [2.05, 4.69) is 22.2 Å². The number of aromatic nitrogens is 1. The molecule has 10 nitrogen and oxygen atoms in total. The highest BCUT2D eigenvalue weighted by molar-refractivity contribution is 8.01. The van der Waals surface area contributed by atoms with E-state index in [4.69, 9.17) is 0 Å². The quantitative estimate of drug-likeness (QED) is 0.373. The van der Waals surface area contributed by atoms with Crippen LogP contribution in [0.4, 0.5) is 0 Å². The first-order valence-corrected chi connectivity index (χ1v) is 11.4. The lowest BCUT2D eigenvalue weighted by atomic mass is 9.95. The van der Waals surface area contributed by atoms with E-state index >= 15 is 0 Å². The predicted octanol–water partition coefficient (Wildman–Crippen LogP) is 1.47. The average molecular weight is 485 g/mol. The van der Waals surface area contributed by atoms with E-state index < -0.39 is 51.9 Å². The van der Waals surface area contributed by atoms with Crippen LogP contribution in [0.25, 0.3) is 6.08 Å². The van der Waals surface area contributed by atoms with E-state index in [-0.39, 0.29) is 11.4 Å². The molecule has 2 aliphatic rings.